The zero-order chi connectivity index (χ0) is 6.69. The third-order valence-electron chi connectivity index (χ3n) is 1.32. The molecule has 1 aliphatic rings. The van der Waals surface area contributed by atoms with Crippen LogP contribution in [0.4, 0.5) is 0 Å². The first-order chi connectivity index (χ1) is 4.34. The van der Waals surface area contributed by atoms with Crippen LogP contribution in [0.15, 0.2) is 12.3 Å². The second-order valence-electron chi connectivity index (χ2n) is 1.97. The second-order valence-corrected chi connectivity index (χ2v) is 1.97. The molecule has 1 aliphatic heterocycles. The first-order valence-corrected chi connectivity index (χ1v) is 2.96. The molecule has 0 aromatic rings. The van der Waals surface area contributed by atoms with Crippen molar-refractivity contribution in [2.24, 2.45) is 0 Å². The fraction of sp³-hybridized carbons (Fsp3) is 0.500. The Morgan fingerprint density at radius 3 is 3.00 bits per heavy atom. The molecule has 0 fully saturated rings. The van der Waals surface area contributed by atoms with E-state index in [1.54, 1.807) is 4.90 Å². The molecule has 1 rings (SSSR count). The number of aliphatic hydroxyl groups excluding tert-OH is 1. The molecule has 50 valence electrons. The van der Waals surface area contributed by atoms with Gasteiger partial charge in [0, 0.05) is 12.7 Å². The van der Waals surface area contributed by atoms with Gasteiger partial charge in [0.1, 0.15) is 12.4 Å². The van der Waals surface area contributed by atoms with Crippen molar-refractivity contribution in [3.8, 4) is 0 Å². The molecule has 9 heavy (non-hydrogen) atoms. The summed E-state index contributed by atoms with van der Waals surface area (Å²) >= 11 is 0. The predicted molar refractivity (Wildman–Crippen MR) is 35.3 cm³/mol. The first kappa shape index (κ1) is 6.29. The second kappa shape index (κ2) is 2.64. The summed E-state index contributed by atoms with van der Waals surface area (Å²) in [5.41, 5.74) is 0. The number of rotatable bonds is 1. The average molecular weight is 126 g/mol. The Labute approximate surface area is 54.1 Å². The summed E-state index contributed by atoms with van der Waals surface area (Å²) in [6.45, 7) is 0.684. The van der Waals surface area contributed by atoms with E-state index in [1.807, 2.05) is 12.3 Å². The molecule has 3 nitrogen and oxygen atoms in total. The largest absolute Gasteiger partial charge is 0.388 e. The van der Waals surface area contributed by atoms with Crippen molar-refractivity contribution in [3.63, 3.8) is 0 Å². The van der Waals surface area contributed by atoms with Crippen molar-refractivity contribution in [1.82, 2.24) is 4.90 Å². The van der Waals surface area contributed by atoms with Crippen molar-refractivity contribution in [2.45, 2.75) is 6.42 Å². The highest BCUT2D eigenvalue weighted by Crippen LogP contribution is 2.02. The van der Waals surface area contributed by atoms with Crippen molar-refractivity contribution < 1.29 is 5.11 Å². The minimum atomic E-state index is -0.162. The van der Waals surface area contributed by atoms with E-state index in [-0.39, 0.29) is 12.4 Å². The van der Waals surface area contributed by atoms with E-state index in [0.29, 0.717) is 0 Å². The van der Waals surface area contributed by atoms with Gasteiger partial charge in [-0.1, -0.05) is 6.08 Å². The lowest BCUT2D eigenvalue weighted by Crippen LogP contribution is -2.25. The number of nitrogens with one attached hydrogen (secondary N) is 1. The van der Waals surface area contributed by atoms with Crippen molar-refractivity contribution >= 4 is 5.84 Å². The van der Waals surface area contributed by atoms with E-state index < -0.39 is 0 Å². The Hall–Kier alpha value is -0.830. The van der Waals surface area contributed by atoms with E-state index in [2.05, 4.69) is 0 Å². The van der Waals surface area contributed by atoms with E-state index >= 15 is 0 Å². The van der Waals surface area contributed by atoms with Crippen molar-refractivity contribution in [2.75, 3.05) is 13.2 Å². The molecule has 0 aromatic carbocycles. The third kappa shape index (κ3) is 1.29. The van der Waals surface area contributed by atoms with Gasteiger partial charge in [0.2, 0.25) is 0 Å². The standard InChI is InChI=1S/C6H10N2O/c7-6(5-9)8-3-1-2-4-8/h1,3,7,9H,2,4-5H2. The van der Waals surface area contributed by atoms with E-state index in [4.69, 9.17) is 10.5 Å². The summed E-state index contributed by atoms with van der Waals surface area (Å²) in [5.74, 6) is 0.281. The van der Waals surface area contributed by atoms with Gasteiger partial charge in [-0.15, -0.1) is 0 Å². The number of amidine groups is 1. The van der Waals surface area contributed by atoms with Gasteiger partial charge < -0.3 is 10.0 Å². The molecule has 0 aliphatic carbocycles. The Bertz CT molecular complexity index is 142. The van der Waals surface area contributed by atoms with Crippen LogP contribution in [0.1, 0.15) is 6.42 Å². The van der Waals surface area contributed by atoms with Crippen LogP contribution in [0.5, 0.6) is 0 Å². The number of aliphatic hydroxyl groups is 1. The van der Waals surface area contributed by atoms with Gasteiger partial charge in [-0.2, -0.15) is 0 Å². The summed E-state index contributed by atoms with van der Waals surface area (Å²) in [4.78, 5) is 1.74. The summed E-state index contributed by atoms with van der Waals surface area (Å²) in [6.07, 6.45) is 4.81. The summed E-state index contributed by atoms with van der Waals surface area (Å²) < 4.78 is 0. The van der Waals surface area contributed by atoms with Crippen LogP contribution in [-0.4, -0.2) is 29.0 Å². The van der Waals surface area contributed by atoms with Gasteiger partial charge in [-0.05, 0) is 6.42 Å². The summed E-state index contributed by atoms with van der Waals surface area (Å²) in [6, 6.07) is 0. The average Bonchev–Trinajstić information content (AvgIpc) is 2.37. The maximum Gasteiger partial charge on any atom is 0.126 e. The minimum absolute atomic E-state index is 0.162. The molecule has 0 saturated heterocycles. The van der Waals surface area contributed by atoms with Gasteiger partial charge in [0.05, 0.1) is 0 Å². The lowest BCUT2D eigenvalue weighted by atomic mass is 10.5. The first-order valence-electron chi connectivity index (χ1n) is 2.96. The predicted octanol–water partition coefficient (Wildman–Crippen LogP) is 0.175. The lowest BCUT2D eigenvalue weighted by Gasteiger charge is -2.13. The van der Waals surface area contributed by atoms with E-state index in [0.717, 1.165) is 13.0 Å². The molecule has 1 heterocycles. The van der Waals surface area contributed by atoms with Crippen LogP contribution in [0.25, 0.3) is 0 Å². The fourth-order valence-electron chi connectivity index (χ4n) is 0.806. The van der Waals surface area contributed by atoms with Gasteiger partial charge in [-0.25, -0.2) is 0 Å². The number of hydrogen-bond donors (Lipinski definition) is 2. The highest BCUT2D eigenvalue weighted by molar-refractivity contribution is 5.81. The number of hydrogen-bond acceptors (Lipinski definition) is 2. The monoisotopic (exact) mass is 126 g/mol. The lowest BCUT2D eigenvalue weighted by molar-refractivity contribution is 0.339. The summed E-state index contributed by atoms with van der Waals surface area (Å²) in [5, 5.41) is 15.7. The van der Waals surface area contributed by atoms with Crippen LogP contribution in [0.2, 0.25) is 0 Å². The van der Waals surface area contributed by atoms with Gasteiger partial charge >= 0.3 is 0 Å². The number of nitrogens with zero attached hydrogens (tertiary/aromatic N) is 1. The topological polar surface area (TPSA) is 47.3 Å². The molecule has 0 saturated carbocycles. The molecule has 0 spiro atoms. The molecule has 0 atom stereocenters. The van der Waals surface area contributed by atoms with Crippen LogP contribution in [0, 0.1) is 5.41 Å². The van der Waals surface area contributed by atoms with Gasteiger partial charge in [0.25, 0.3) is 0 Å². The van der Waals surface area contributed by atoms with Crippen LogP contribution in [-0.2, 0) is 0 Å². The Balaban J connectivity index is 2.43. The molecule has 0 amide bonds. The molecule has 0 unspecified atom stereocenters. The zero-order valence-electron chi connectivity index (χ0n) is 5.17. The molecular weight excluding hydrogens is 116 g/mol. The Kier molecular flexibility index (Phi) is 1.85. The van der Waals surface area contributed by atoms with E-state index in [9.17, 15) is 0 Å². The summed E-state index contributed by atoms with van der Waals surface area (Å²) in [7, 11) is 0. The highest BCUT2D eigenvalue weighted by Gasteiger charge is 2.07. The molecular formula is C6H10N2O. The van der Waals surface area contributed by atoms with Crippen LogP contribution in [0.3, 0.4) is 0 Å². The highest BCUT2D eigenvalue weighted by atomic mass is 16.3. The van der Waals surface area contributed by atoms with E-state index in [1.165, 1.54) is 0 Å². The van der Waals surface area contributed by atoms with Crippen molar-refractivity contribution in [1.29, 1.82) is 5.41 Å². The normalized spacial score (nSPS) is 16.8. The zero-order valence-corrected chi connectivity index (χ0v) is 5.17. The molecule has 0 radical (unpaired) electrons. The Morgan fingerprint density at radius 1 is 1.78 bits per heavy atom. The van der Waals surface area contributed by atoms with Crippen molar-refractivity contribution in [3.05, 3.63) is 12.3 Å². The SMILES string of the molecule is N=C(CO)N1C=CCC1. The fourth-order valence-corrected chi connectivity index (χ4v) is 0.806. The smallest absolute Gasteiger partial charge is 0.126 e. The molecule has 0 aromatic heterocycles. The molecule has 0 bridgehead atoms. The maximum atomic E-state index is 8.50. The molecule has 2 N–H and O–H groups in total. The molecule has 3 heteroatoms. The quantitative estimate of drug-likeness (QED) is 0.389. The Morgan fingerprint density at radius 2 is 2.56 bits per heavy atom. The minimum Gasteiger partial charge on any atom is -0.388 e. The van der Waals surface area contributed by atoms with Crippen LogP contribution < -0.4 is 0 Å². The van der Waals surface area contributed by atoms with Crippen LogP contribution >= 0.6 is 0 Å². The van der Waals surface area contributed by atoms with Gasteiger partial charge in [0.15, 0.2) is 0 Å². The maximum absolute atomic E-state index is 8.50. The van der Waals surface area contributed by atoms with Gasteiger partial charge in [-0.3, -0.25) is 5.41 Å². The third-order valence-corrected chi connectivity index (χ3v) is 1.32.